The monoisotopic (exact) mass is 269 g/mol. The van der Waals surface area contributed by atoms with Crippen molar-refractivity contribution in [2.24, 2.45) is 0 Å². The van der Waals surface area contributed by atoms with Gasteiger partial charge in [-0.3, -0.25) is 14.9 Å². The second kappa shape index (κ2) is 6.58. The first kappa shape index (κ1) is 16.7. The largest absolute Gasteiger partial charge is 0.405 e. The highest BCUT2D eigenvalue weighted by Gasteiger charge is 2.27. The van der Waals surface area contributed by atoms with Gasteiger partial charge in [0.15, 0.2) is 0 Å². The topological polar surface area (TPSA) is 70.2 Å². The minimum Gasteiger partial charge on any atom is -0.350 e. The third kappa shape index (κ3) is 11.2. The summed E-state index contributed by atoms with van der Waals surface area (Å²) in [6.45, 7) is 3.54. The normalized spacial score (nSPS) is 12.1. The Morgan fingerprint density at radius 2 is 1.50 bits per heavy atom. The Bertz CT molecular complexity index is 298. The average molecular weight is 269 g/mol. The number of amides is 2. The zero-order valence-corrected chi connectivity index (χ0v) is 10.6. The Hall–Kier alpha value is -1.31. The van der Waals surface area contributed by atoms with E-state index in [1.165, 1.54) is 0 Å². The average Bonchev–Trinajstić information content (AvgIpc) is 2.10. The van der Waals surface area contributed by atoms with E-state index in [0.29, 0.717) is 0 Å². The third-order valence-corrected chi connectivity index (χ3v) is 1.57. The Balaban J connectivity index is 3.72. The summed E-state index contributed by atoms with van der Waals surface area (Å²) < 4.78 is 35.3. The van der Waals surface area contributed by atoms with Gasteiger partial charge in [-0.25, -0.2) is 0 Å². The summed E-state index contributed by atoms with van der Waals surface area (Å²) in [5.41, 5.74) is -0.392. The second-order valence-corrected chi connectivity index (χ2v) is 4.79. The van der Waals surface area contributed by atoms with Crippen molar-refractivity contribution in [2.75, 3.05) is 19.6 Å². The molecule has 0 aromatic carbocycles. The fourth-order valence-corrected chi connectivity index (χ4v) is 1.01. The fourth-order valence-electron chi connectivity index (χ4n) is 1.01. The van der Waals surface area contributed by atoms with E-state index in [9.17, 15) is 22.8 Å². The SMILES string of the molecule is CC(C)(C)NC(=O)CNCC(=O)NCC(F)(F)F. The van der Waals surface area contributed by atoms with Crippen molar-refractivity contribution < 1.29 is 22.8 Å². The van der Waals surface area contributed by atoms with Gasteiger partial charge in [0.1, 0.15) is 6.54 Å². The van der Waals surface area contributed by atoms with Gasteiger partial charge in [-0.05, 0) is 20.8 Å². The quantitative estimate of drug-likeness (QED) is 0.666. The molecule has 0 unspecified atom stereocenters. The lowest BCUT2D eigenvalue weighted by molar-refractivity contribution is -0.138. The highest BCUT2D eigenvalue weighted by Crippen LogP contribution is 2.11. The van der Waals surface area contributed by atoms with Gasteiger partial charge in [0, 0.05) is 5.54 Å². The van der Waals surface area contributed by atoms with Crippen LogP contribution >= 0.6 is 0 Å². The van der Waals surface area contributed by atoms with Gasteiger partial charge < -0.3 is 10.6 Å². The maximum Gasteiger partial charge on any atom is 0.405 e. The number of hydrogen-bond acceptors (Lipinski definition) is 3. The molecule has 8 heteroatoms. The first-order valence-electron chi connectivity index (χ1n) is 5.35. The van der Waals surface area contributed by atoms with Gasteiger partial charge in [0.05, 0.1) is 13.1 Å². The van der Waals surface area contributed by atoms with E-state index in [2.05, 4.69) is 10.6 Å². The molecule has 0 atom stereocenters. The predicted molar refractivity (Wildman–Crippen MR) is 59.8 cm³/mol. The molecule has 5 nitrogen and oxygen atoms in total. The van der Waals surface area contributed by atoms with Gasteiger partial charge in [-0.2, -0.15) is 13.2 Å². The van der Waals surface area contributed by atoms with Crippen LogP contribution in [-0.2, 0) is 9.59 Å². The highest BCUT2D eigenvalue weighted by atomic mass is 19.4. The molecular formula is C10H18F3N3O2. The van der Waals surface area contributed by atoms with E-state index in [1.54, 1.807) is 26.1 Å². The van der Waals surface area contributed by atoms with Crippen molar-refractivity contribution >= 4 is 11.8 Å². The summed E-state index contributed by atoms with van der Waals surface area (Å²) in [5.74, 6) is -1.14. The smallest absolute Gasteiger partial charge is 0.350 e. The molecule has 18 heavy (non-hydrogen) atoms. The molecule has 0 aliphatic carbocycles. The molecule has 0 radical (unpaired) electrons. The van der Waals surface area contributed by atoms with Crippen molar-refractivity contribution in [3.8, 4) is 0 Å². The molecular weight excluding hydrogens is 251 g/mol. The van der Waals surface area contributed by atoms with Crippen LogP contribution in [0.4, 0.5) is 13.2 Å². The predicted octanol–water partition coefficient (Wildman–Crippen LogP) is 0.169. The van der Waals surface area contributed by atoms with Crippen LogP contribution in [0.25, 0.3) is 0 Å². The van der Waals surface area contributed by atoms with Crippen LogP contribution in [0, 0.1) is 0 Å². The van der Waals surface area contributed by atoms with Crippen LogP contribution in [0.5, 0.6) is 0 Å². The maximum absolute atomic E-state index is 11.8. The lowest BCUT2D eigenvalue weighted by Crippen LogP contribution is -2.46. The van der Waals surface area contributed by atoms with Crippen LogP contribution in [0.1, 0.15) is 20.8 Å². The van der Waals surface area contributed by atoms with Crippen molar-refractivity contribution in [3.63, 3.8) is 0 Å². The molecule has 0 aliphatic rings. The Kier molecular flexibility index (Phi) is 6.10. The van der Waals surface area contributed by atoms with Crippen molar-refractivity contribution in [3.05, 3.63) is 0 Å². The molecule has 2 amide bonds. The first-order valence-corrected chi connectivity index (χ1v) is 5.35. The summed E-state index contributed by atoms with van der Waals surface area (Å²) in [6.07, 6.45) is -4.43. The number of halogens is 3. The summed E-state index contributed by atoms with van der Waals surface area (Å²) in [4.78, 5) is 22.2. The number of carbonyl (C=O) groups is 2. The van der Waals surface area contributed by atoms with Gasteiger partial charge in [0.25, 0.3) is 0 Å². The fraction of sp³-hybridized carbons (Fsp3) is 0.800. The molecule has 0 aromatic rings. The van der Waals surface area contributed by atoms with Gasteiger partial charge in [-0.15, -0.1) is 0 Å². The first-order chi connectivity index (χ1) is 7.99. The van der Waals surface area contributed by atoms with Crippen LogP contribution in [-0.4, -0.2) is 43.2 Å². The summed E-state index contributed by atoms with van der Waals surface area (Å²) in [7, 11) is 0. The van der Waals surface area contributed by atoms with Crippen LogP contribution < -0.4 is 16.0 Å². The second-order valence-electron chi connectivity index (χ2n) is 4.79. The number of nitrogens with one attached hydrogen (secondary N) is 3. The molecule has 0 aromatic heterocycles. The van der Waals surface area contributed by atoms with Gasteiger partial charge in [0.2, 0.25) is 11.8 Å². The Labute approximate surface area is 103 Å². The molecule has 0 rings (SSSR count). The van der Waals surface area contributed by atoms with Crippen molar-refractivity contribution in [1.29, 1.82) is 0 Å². The summed E-state index contributed by atoms with van der Waals surface area (Å²) >= 11 is 0. The zero-order valence-electron chi connectivity index (χ0n) is 10.6. The molecule has 0 heterocycles. The van der Waals surface area contributed by atoms with Crippen LogP contribution in [0.15, 0.2) is 0 Å². The van der Waals surface area contributed by atoms with E-state index in [4.69, 9.17) is 0 Å². The van der Waals surface area contributed by atoms with E-state index in [-0.39, 0.29) is 19.0 Å². The zero-order chi connectivity index (χ0) is 14.4. The Morgan fingerprint density at radius 1 is 1.00 bits per heavy atom. The highest BCUT2D eigenvalue weighted by molar-refractivity contribution is 5.81. The molecule has 0 saturated carbocycles. The van der Waals surface area contributed by atoms with E-state index >= 15 is 0 Å². The molecule has 0 fully saturated rings. The minimum absolute atomic E-state index is 0.128. The molecule has 0 spiro atoms. The van der Waals surface area contributed by atoms with E-state index in [0.717, 1.165) is 0 Å². The number of hydrogen-bond donors (Lipinski definition) is 3. The van der Waals surface area contributed by atoms with Crippen LogP contribution in [0.2, 0.25) is 0 Å². The van der Waals surface area contributed by atoms with Crippen molar-refractivity contribution in [2.45, 2.75) is 32.5 Å². The van der Waals surface area contributed by atoms with E-state index in [1.807, 2.05) is 0 Å². The number of carbonyl (C=O) groups excluding carboxylic acids is 2. The molecule has 0 aliphatic heterocycles. The summed E-state index contributed by atoms with van der Waals surface area (Å²) in [5, 5.41) is 6.77. The summed E-state index contributed by atoms with van der Waals surface area (Å²) in [6, 6.07) is 0. The van der Waals surface area contributed by atoms with Gasteiger partial charge in [-0.1, -0.05) is 0 Å². The molecule has 106 valence electrons. The third-order valence-electron chi connectivity index (χ3n) is 1.57. The lowest BCUT2D eigenvalue weighted by atomic mass is 10.1. The van der Waals surface area contributed by atoms with Crippen molar-refractivity contribution in [1.82, 2.24) is 16.0 Å². The maximum atomic E-state index is 11.8. The van der Waals surface area contributed by atoms with E-state index < -0.39 is 24.2 Å². The number of alkyl halides is 3. The number of rotatable bonds is 5. The Morgan fingerprint density at radius 3 is 1.94 bits per heavy atom. The standard InChI is InChI=1S/C10H18F3N3O2/c1-9(2,3)16-8(18)5-14-4-7(17)15-6-10(11,12)13/h14H,4-6H2,1-3H3,(H,15,17)(H,16,18). The molecule has 0 saturated heterocycles. The van der Waals surface area contributed by atoms with Gasteiger partial charge >= 0.3 is 6.18 Å². The molecule has 3 N–H and O–H groups in total. The molecule has 0 bridgehead atoms. The minimum atomic E-state index is -4.43. The lowest BCUT2D eigenvalue weighted by Gasteiger charge is -2.20. The van der Waals surface area contributed by atoms with Crippen LogP contribution in [0.3, 0.4) is 0 Å².